The third-order valence-electron chi connectivity index (χ3n) is 1.73. The predicted octanol–water partition coefficient (Wildman–Crippen LogP) is 1.83. The average molecular weight is 170 g/mol. The van der Waals surface area contributed by atoms with E-state index in [2.05, 4.69) is 0 Å². The molecule has 0 spiro atoms. The average Bonchev–Trinajstić information content (AvgIpc) is 2.59. The van der Waals surface area contributed by atoms with Crippen molar-refractivity contribution in [2.75, 3.05) is 14.2 Å². The van der Waals surface area contributed by atoms with Crippen LogP contribution in [0.4, 0.5) is 0 Å². The van der Waals surface area contributed by atoms with Crippen molar-refractivity contribution in [2.24, 2.45) is 0 Å². The van der Waals surface area contributed by atoms with Crippen molar-refractivity contribution in [1.82, 2.24) is 0 Å². The molecule has 0 unspecified atom stereocenters. The second-order valence-corrected chi connectivity index (χ2v) is 2.52. The summed E-state index contributed by atoms with van der Waals surface area (Å²) in [7, 11) is 3.27. The summed E-state index contributed by atoms with van der Waals surface area (Å²) in [5.41, 5.74) is 0. The second kappa shape index (κ2) is 4.95. The van der Waals surface area contributed by atoms with Crippen molar-refractivity contribution >= 4 is 0 Å². The molecule has 0 N–H and O–H groups in total. The second-order valence-electron chi connectivity index (χ2n) is 2.52. The van der Waals surface area contributed by atoms with E-state index in [1.165, 1.54) is 0 Å². The molecular formula is C9H14O3. The molecule has 12 heavy (non-hydrogen) atoms. The van der Waals surface area contributed by atoms with Gasteiger partial charge in [-0.3, -0.25) is 0 Å². The SMILES string of the molecule is COC(CCc1ccco1)OC. The molecule has 0 amide bonds. The minimum absolute atomic E-state index is 0.130. The van der Waals surface area contributed by atoms with Crippen LogP contribution < -0.4 is 0 Å². The van der Waals surface area contributed by atoms with Crippen molar-refractivity contribution in [1.29, 1.82) is 0 Å². The summed E-state index contributed by atoms with van der Waals surface area (Å²) < 4.78 is 15.2. The molecule has 0 saturated carbocycles. The topological polar surface area (TPSA) is 31.6 Å². The summed E-state index contributed by atoms with van der Waals surface area (Å²) >= 11 is 0. The Morgan fingerprint density at radius 3 is 2.67 bits per heavy atom. The Labute approximate surface area is 72.3 Å². The van der Waals surface area contributed by atoms with Gasteiger partial charge in [0.2, 0.25) is 0 Å². The Kier molecular flexibility index (Phi) is 3.84. The zero-order valence-electron chi connectivity index (χ0n) is 7.45. The molecule has 0 saturated heterocycles. The number of rotatable bonds is 5. The molecule has 0 aromatic carbocycles. The maximum Gasteiger partial charge on any atom is 0.157 e. The van der Waals surface area contributed by atoms with Crippen LogP contribution in [0.2, 0.25) is 0 Å². The molecule has 1 heterocycles. The van der Waals surface area contributed by atoms with Crippen LogP contribution in [0.25, 0.3) is 0 Å². The first-order chi connectivity index (χ1) is 5.86. The number of methoxy groups -OCH3 is 2. The highest BCUT2D eigenvalue weighted by Crippen LogP contribution is 2.07. The minimum atomic E-state index is -0.130. The molecule has 0 bridgehead atoms. The van der Waals surface area contributed by atoms with Crippen LogP contribution in [0, 0.1) is 0 Å². The van der Waals surface area contributed by atoms with Crippen molar-refractivity contribution in [2.45, 2.75) is 19.1 Å². The maximum absolute atomic E-state index is 5.16. The van der Waals surface area contributed by atoms with Gasteiger partial charge in [-0.15, -0.1) is 0 Å². The lowest BCUT2D eigenvalue weighted by Gasteiger charge is -2.11. The van der Waals surface area contributed by atoms with Gasteiger partial charge >= 0.3 is 0 Å². The molecule has 1 aromatic heterocycles. The van der Waals surface area contributed by atoms with Gasteiger partial charge in [0.05, 0.1) is 6.26 Å². The summed E-state index contributed by atoms with van der Waals surface area (Å²) in [6.07, 6.45) is 3.21. The first-order valence-electron chi connectivity index (χ1n) is 3.94. The van der Waals surface area contributed by atoms with E-state index >= 15 is 0 Å². The summed E-state index contributed by atoms with van der Waals surface area (Å²) in [6.45, 7) is 0. The molecule has 0 atom stereocenters. The van der Waals surface area contributed by atoms with Crippen molar-refractivity contribution < 1.29 is 13.9 Å². The molecule has 3 nitrogen and oxygen atoms in total. The van der Waals surface area contributed by atoms with Crippen LogP contribution in [0.15, 0.2) is 22.8 Å². The molecule has 68 valence electrons. The lowest BCUT2D eigenvalue weighted by molar-refractivity contribution is -0.106. The van der Waals surface area contributed by atoms with Crippen LogP contribution in [0.3, 0.4) is 0 Å². The van der Waals surface area contributed by atoms with E-state index in [0.717, 1.165) is 18.6 Å². The molecule has 0 fully saturated rings. The number of aryl methyl sites for hydroxylation is 1. The summed E-state index contributed by atoms with van der Waals surface area (Å²) in [5.74, 6) is 0.967. The van der Waals surface area contributed by atoms with Crippen LogP contribution in [-0.2, 0) is 15.9 Å². The zero-order valence-corrected chi connectivity index (χ0v) is 7.45. The third kappa shape index (κ3) is 2.68. The van der Waals surface area contributed by atoms with Gasteiger partial charge in [0, 0.05) is 27.1 Å². The lowest BCUT2D eigenvalue weighted by Crippen LogP contribution is -2.13. The van der Waals surface area contributed by atoms with Crippen LogP contribution in [0.5, 0.6) is 0 Å². The van der Waals surface area contributed by atoms with E-state index < -0.39 is 0 Å². The van der Waals surface area contributed by atoms with E-state index in [9.17, 15) is 0 Å². The Morgan fingerprint density at radius 1 is 1.42 bits per heavy atom. The fourth-order valence-corrected chi connectivity index (χ4v) is 1.05. The smallest absolute Gasteiger partial charge is 0.157 e. The largest absolute Gasteiger partial charge is 0.469 e. The maximum atomic E-state index is 5.16. The first-order valence-corrected chi connectivity index (χ1v) is 3.94. The summed E-state index contributed by atoms with van der Waals surface area (Å²) in [6, 6.07) is 3.83. The first kappa shape index (κ1) is 9.29. The Balaban J connectivity index is 2.25. The molecule has 3 heteroatoms. The quantitative estimate of drug-likeness (QED) is 0.632. The van der Waals surface area contributed by atoms with Gasteiger partial charge in [-0.2, -0.15) is 0 Å². The van der Waals surface area contributed by atoms with Crippen LogP contribution in [-0.4, -0.2) is 20.5 Å². The summed E-state index contributed by atoms with van der Waals surface area (Å²) in [4.78, 5) is 0. The molecule has 0 radical (unpaired) electrons. The van der Waals surface area contributed by atoms with Gasteiger partial charge in [0.15, 0.2) is 6.29 Å². The highest BCUT2D eigenvalue weighted by Gasteiger charge is 2.05. The molecule has 0 aliphatic heterocycles. The molecule has 0 aliphatic carbocycles. The van der Waals surface area contributed by atoms with Gasteiger partial charge in [0.1, 0.15) is 5.76 Å². The van der Waals surface area contributed by atoms with Gasteiger partial charge < -0.3 is 13.9 Å². The van der Waals surface area contributed by atoms with Gasteiger partial charge in [-0.1, -0.05) is 0 Å². The lowest BCUT2D eigenvalue weighted by atomic mass is 10.2. The number of hydrogen-bond donors (Lipinski definition) is 0. The Morgan fingerprint density at radius 2 is 2.17 bits per heavy atom. The Hall–Kier alpha value is -0.800. The van der Waals surface area contributed by atoms with Gasteiger partial charge in [0.25, 0.3) is 0 Å². The zero-order chi connectivity index (χ0) is 8.81. The predicted molar refractivity (Wildman–Crippen MR) is 44.8 cm³/mol. The molecule has 1 aromatic rings. The van der Waals surface area contributed by atoms with E-state index in [4.69, 9.17) is 13.9 Å². The van der Waals surface area contributed by atoms with E-state index in [1.54, 1.807) is 20.5 Å². The molecule has 0 aliphatic rings. The van der Waals surface area contributed by atoms with E-state index in [0.29, 0.717) is 0 Å². The highest BCUT2D eigenvalue weighted by molar-refractivity contribution is 4.97. The normalized spacial score (nSPS) is 10.9. The standard InChI is InChI=1S/C9H14O3/c1-10-9(11-2)6-5-8-4-3-7-12-8/h3-4,7,9H,5-6H2,1-2H3. The van der Waals surface area contributed by atoms with E-state index in [1.807, 2.05) is 12.1 Å². The molecular weight excluding hydrogens is 156 g/mol. The fourth-order valence-electron chi connectivity index (χ4n) is 1.05. The number of furan rings is 1. The Bertz CT molecular complexity index is 190. The highest BCUT2D eigenvalue weighted by atomic mass is 16.7. The number of ether oxygens (including phenoxy) is 2. The third-order valence-corrected chi connectivity index (χ3v) is 1.73. The van der Waals surface area contributed by atoms with Crippen LogP contribution in [0.1, 0.15) is 12.2 Å². The van der Waals surface area contributed by atoms with Crippen molar-refractivity contribution in [3.05, 3.63) is 24.2 Å². The van der Waals surface area contributed by atoms with Crippen LogP contribution >= 0.6 is 0 Å². The van der Waals surface area contributed by atoms with Crippen molar-refractivity contribution in [3.8, 4) is 0 Å². The van der Waals surface area contributed by atoms with Gasteiger partial charge in [-0.25, -0.2) is 0 Å². The number of hydrogen-bond acceptors (Lipinski definition) is 3. The molecule has 1 rings (SSSR count). The minimum Gasteiger partial charge on any atom is -0.469 e. The fraction of sp³-hybridized carbons (Fsp3) is 0.556. The van der Waals surface area contributed by atoms with E-state index in [-0.39, 0.29) is 6.29 Å². The monoisotopic (exact) mass is 170 g/mol. The van der Waals surface area contributed by atoms with Gasteiger partial charge in [-0.05, 0) is 12.1 Å². The van der Waals surface area contributed by atoms with Crippen molar-refractivity contribution in [3.63, 3.8) is 0 Å². The summed E-state index contributed by atoms with van der Waals surface area (Å²) in [5, 5.41) is 0.